The zero-order valence-electron chi connectivity index (χ0n) is 19.2. The van der Waals surface area contributed by atoms with Crippen LogP contribution in [-0.4, -0.2) is 63.3 Å². The number of aromatic amines is 1. The van der Waals surface area contributed by atoms with E-state index in [9.17, 15) is 0 Å². The number of hydrogen-bond donors (Lipinski definition) is 2. The summed E-state index contributed by atoms with van der Waals surface area (Å²) in [6.45, 7) is 7.94. The number of nitrogens with one attached hydrogen (secondary N) is 2. The number of aryl methyl sites for hydroxylation is 2. The quantitative estimate of drug-likeness (QED) is 0.485. The number of likely N-dealkylation sites (N-methyl/N-ethyl adjacent to an activating group) is 1. The monoisotopic (exact) mass is 440 g/mol. The van der Waals surface area contributed by atoms with Crippen LogP contribution in [0.15, 0.2) is 42.5 Å². The van der Waals surface area contributed by atoms with E-state index < -0.39 is 0 Å². The lowest BCUT2D eigenvalue weighted by molar-refractivity contribution is 0.312. The number of H-pyrrole nitrogens is 1. The van der Waals surface area contributed by atoms with Crippen LogP contribution in [0.5, 0.6) is 0 Å². The fourth-order valence-electron chi connectivity index (χ4n) is 4.12. The maximum Gasteiger partial charge on any atom is 0.163 e. The standard InChI is InChI=1S/C25H28N8/c1-17-15-18(2)26-24-23(17)25(31-30-24)29-21-16-22(33-13-11-32(3)12-14-33)28-20(27-21)10-9-19-7-5-4-6-8-19/h4-10,15-16H,11-14H2,1-3H3,(H2,26,27,28,29,30,31)/b10-9+. The second kappa shape index (κ2) is 8.99. The van der Waals surface area contributed by atoms with Gasteiger partial charge in [-0.3, -0.25) is 5.10 Å². The first kappa shape index (κ1) is 21.1. The Morgan fingerprint density at radius 2 is 1.73 bits per heavy atom. The first-order valence-corrected chi connectivity index (χ1v) is 11.2. The van der Waals surface area contributed by atoms with Crippen LogP contribution in [0.2, 0.25) is 0 Å². The lowest BCUT2D eigenvalue weighted by Crippen LogP contribution is -2.44. The predicted molar refractivity (Wildman–Crippen MR) is 134 cm³/mol. The molecule has 1 aliphatic heterocycles. The first-order valence-electron chi connectivity index (χ1n) is 11.2. The summed E-state index contributed by atoms with van der Waals surface area (Å²) >= 11 is 0. The summed E-state index contributed by atoms with van der Waals surface area (Å²) in [5, 5.41) is 11.9. The van der Waals surface area contributed by atoms with Gasteiger partial charge < -0.3 is 15.1 Å². The molecule has 4 aromatic rings. The smallest absolute Gasteiger partial charge is 0.163 e. The summed E-state index contributed by atoms with van der Waals surface area (Å²) in [5.41, 5.74) is 3.96. The fraction of sp³-hybridized carbons (Fsp3) is 0.280. The molecular weight excluding hydrogens is 412 g/mol. The molecule has 8 nitrogen and oxygen atoms in total. The minimum Gasteiger partial charge on any atom is -0.354 e. The van der Waals surface area contributed by atoms with Crippen molar-refractivity contribution < 1.29 is 0 Å². The fourth-order valence-corrected chi connectivity index (χ4v) is 4.12. The Morgan fingerprint density at radius 1 is 0.939 bits per heavy atom. The van der Waals surface area contributed by atoms with Crippen LogP contribution < -0.4 is 10.2 Å². The van der Waals surface area contributed by atoms with E-state index in [4.69, 9.17) is 9.97 Å². The number of pyridine rings is 1. The maximum atomic E-state index is 4.85. The first-order chi connectivity index (χ1) is 16.0. The van der Waals surface area contributed by atoms with Crippen molar-refractivity contribution in [3.05, 3.63) is 65.1 Å². The highest BCUT2D eigenvalue weighted by Crippen LogP contribution is 2.27. The highest BCUT2D eigenvalue weighted by molar-refractivity contribution is 5.91. The molecule has 3 aromatic heterocycles. The van der Waals surface area contributed by atoms with Crippen LogP contribution in [0.4, 0.5) is 17.5 Å². The minimum absolute atomic E-state index is 0.656. The van der Waals surface area contributed by atoms with E-state index in [2.05, 4.69) is 62.5 Å². The largest absolute Gasteiger partial charge is 0.354 e. The van der Waals surface area contributed by atoms with Gasteiger partial charge in [-0.2, -0.15) is 5.10 Å². The zero-order chi connectivity index (χ0) is 22.8. The van der Waals surface area contributed by atoms with Crippen molar-refractivity contribution in [3.8, 4) is 0 Å². The molecule has 0 atom stereocenters. The summed E-state index contributed by atoms with van der Waals surface area (Å²) in [5.74, 6) is 3.00. The number of fused-ring (bicyclic) bond motifs is 1. The van der Waals surface area contributed by atoms with Gasteiger partial charge in [-0.15, -0.1) is 0 Å². The van der Waals surface area contributed by atoms with E-state index >= 15 is 0 Å². The molecule has 1 aromatic carbocycles. The Bertz CT molecular complexity index is 1290. The van der Waals surface area contributed by atoms with Crippen LogP contribution in [0.1, 0.15) is 22.6 Å². The minimum atomic E-state index is 0.656. The average Bonchev–Trinajstić information content (AvgIpc) is 3.21. The zero-order valence-corrected chi connectivity index (χ0v) is 19.2. The Balaban J connectivity index is 1.50. The van der Waals surface area contributed by atoms with E-state index in [0.717, 1.165) is 65.7 Å². The molecule has 0 saturated carbocycles. The molecule has 1 aliphatic rings. The number of benzene rings is 1. The molecule has 0 radical (unpaired) electrons. The van der Waals surface area contributed by atoms with Gasteiger partial charge in [0.2, 0.25) is 0 Å². The highest BCUT2D eigenvalue weighted by Gasteiger charge is 2.18. The van der Waals surface area contributed by atoms with E-state index in [-0.39, 0.29) is 0 Å². The molecule has 0 bridgehead atoms. The summed E-state index contributed by atoms with van der Waals surface area (Å²) in [4.78, 5) is 18.8. The number of piperazine rings is 1. The Labute approximate surface area is 193 Å². The number of rotatable bonds is 5. The lowest BCUT2D eigenvalue weighted by atomic mass is 10.2. The van der Waals surface area contributed by atoms with Crippen molar-refractivity contribution in [1.82, 2.24) is 30.0 Å². The molecule has 1 saturated heterocycles. The molecule has 33 heavy (non-hydrogen) atoms. The molecule has 168 valence electrons. The number of nitrogens with zero attached hydrogens (tertiary/aromatic N) is 6. The third-order valence-corrected chi connectivity index (χ3v) is 5.88. The molecule has 4 heterocycles. The van der Waals surface area contributed by atoms with Crippen molar-refractivity contribution in [2.45, 2.75) is 13.8 Å². The van der Waals surface area contributed by atoms with Gasteiger partial charge in [-0.25, -0.2) is 15.0 Å². The van der Waals surface area contributed by atoms with Gasteiger partial charge >= 0.3 is 0 Å². The van der Waals surface area contributed by atoms with Crippen LogP contribution in [-0.2, 0) is 0 Å². The van der Waals surface area contributed by atoms with E-state index in [0.29, 0.717) is 11.6 Å². The number of hydrogen-bond acceptors (Lipinski definition) is 7. The molecule has 5 rings (SSSR count). The second-order valence-corrected chi connectivity index (χ2v) is 8.51. The third-order valence-electron chi connectivity index (χ3n) is 5.88. The van der Waals surface area contributed by atoms with Crippen molar-refractivity contribution >= 4 is 40.6 Å². The summed E-state index contributed by atoms with van der Waals surface area (Å²) in [6, 6.07) is 14.2. The van der Waals surface area contributed by atoms with Gasteiger partial charge in [0.05, 0.1) is 5.39 Å². The molecule has 2 N–H and O–H groups in total. The van der Waals surface area contributed by atoms with E-state index in [1.807, 2.05) is 43.3 Å². The van der Waals surface area contributed by atoms with Crippen LogP contribution in [0, 0.1) is 13.8 Å². The van der Waals surface area contributed by atoms with Gasteiger partial charge in [0.25, 0.3) is 0 Å². The Morgan fingerprint density at radius 3 is 2.52 bits per heavy atom. The second-order valence-electron chi connectivity index (χ2n) is 8.51. The molecule has 0 amide bonds. The third kappa shape index (κ3) is 4.70. The molecule has 1 fully saturated rings. The molecule has 0 spiro atoms. The average molecular weight is 441 g/mol. The van der Waals surface area contributed by atoms with Crippen molar-refractivity contribution in [2.24, 2.45) is 0 Å². The normalized spacial score (nSPS) is 14.9. The van der Waals surface area contributed by atoms with Crippen LogP contribution >= 0.6 is 0 Å². The van der Waals surface area contributed by atoms with Gasteiger partial charge in [0.15, 0.2) is 17.3 Å². The molecule has 8 heteroatoms. The summed E-state index contributed by atoms with van der Waals surface area (Å²) < 4.78 is 0. The lowest BCUT2D eigenvalue weighted by Gasteiger charge is -2.33. The topological polar surface area (TPSA) is 85.9 Å². The van der Waals surface area contributed by atoms with E-state index in [1.54, 1.807) is 0 Å². The Hall–Kier alpha value is -3.78. The van der Waals surface area contributed by atoms with Crippen molar-refractivity contribution in [3.63, 3.8) is 0 Å². The Kier molecular flexibility index (Phi) is 5.75. The van der Waals surface area contributed by atoms with Gasteiger partial charge in [0.1, 0.15) is 11.6 Å². The molecule has 0 unspecified atom stereocenters. The maximum absolute atomic E-state index is 4.85. The van der Waals surface area contributed by atoms with Gasteiger partial charge in [0, 0.05) is 37.9 Å². The number of anilines is 3. The van der Waals surface area contributed by atoms with Gasteiger partial charge in [-0.1, -0.05) is 36.4 Å². The van der Waals surface area contributed by atoms with Crippen LogP contribution in [0.25, 0.3) is 23.2 Å². The molecular formula is C25H28N8. The predicted octanol–water partition coefficient (Wildman–Crippen LogP) is 4.03. The van der Waals surface area contributed by atoms with E-state index in [1.165, 1.54) is 0 Å². The number of aromatic nitrogens is 5. The van der Waals surface area contributed by atoms with Crippen LogP contribution in [0.3, 0.4) is 0 Å². The highest BCUT2D eigenvalue weighted by atomic mass is 15.3. The van der Waals surface area contributed by atoms with Crippen molar-refractivity contribution in [2.75, 3.05) is 43.4 Å². The summed E-state index contributed by atoms with van der Waals surface area (Å²) in [7, 11) is 2.15. The SMILES string of the molecule is Cc1cc(C)c2c(Nc3cc(N4CCN(C)CC4)nc(/C=C/c4ccccc4)n3)n[nH]c2n1. The molecule has 0 aliphatic carbocycles. The summed E-state index contributed by atoms with van der Waals surface area (Å²) in [6.07, 6.45) is 3.99. The van der Waals surface area contributed by atoms with Crippen molar-refractivity contribution in [1.29, 1.82) is 0 Å². The van der Waals surface area contributed by atoms with Gasteiger partial charge in [-0.05, 0) is 44.2 Å².